The summed E-state index contributed by atoms with van der Waals surface area (Å²) in [6.07, 6.45) is 2.23. The average molecular weight is 332 g/mol. The maximum atomic E-state index is 12.9. The Kier molecular flexibility index (Phi) is 4.34. The lowest BCUT2D eigenvalue weighted by Crippen LogP contribution is -2.32. The van der Waals surface area contributed by atoms with Crippen LogP contribution in [0, 0.1) is 20.8 Å². The summed E-state index contributed by atoms with van der Waals surface area (Å²) < 4.78 is 12.4. The molecule has 1 aliphatic heterocycles. The number of nitrogens with zero attached hydrogens (tertiary/aromatic N) is 4. The van der Waals surface area contributed by atoms with Crippen LogP contribution >= 0.6 is 0 Å². The third-order valence-corrected chi connectivity index (χ3v) is 4.82. The minimum Gasteiger partial charge on any atom is -0.481 e. The molecule has 1 aliphatic rings. The molecule has 0 saturated carbocycles. The van der Waals surface area contributed by atoms with Gasteiger partial charge in [0.2, 0.25) is 11.8 Å². The van der Waals surface area contributed by atoms with Gasteiger partial charge in [-0.15, -0.1) is 0 Å². The summed E-state index contributed by atoms with van der Waals surface area (Å²) >= 11 is 0. The van der Waals surface area contributed by atoms with E-state index in [0.29, 0.717) is 12.2 Å². The van der Waals surface area contributed by atoms with Crippen molar-refractivity contribution in [1.82, 2.24) is 19.8 Å². The van der Waals surface area contributed by atoms with Crippen LogP contribution < -0.4 is 4.74 Å². The molecule has 1 atom stereocenters. The number of hydrogen-bond donors (Lipinski definition) is 0. The highest BCUT2D eigenvalue weighted by Crippen LogP contribution is 2.39. The fourth-order valence-electron chi connectivity index (χ4n) is 3.65. The molecule has 3 rings (SSSR count). The summed E-state index contributed by atoms with van der Waals surface area (Å²) in [7, 11) is 3.51. The van der Waals surface area contributed by atoms with Crippen LogP contribution in [0.15, 0.2) is 4.52 Å². The molecule has 7 nitrogen and oxygen atoms in total. The van der Waals surface area contributed by atoms with E-state index >= 15 is 0 Å². The van der Waals surface area contributed by atoms with Crippen LogP contribution in [-0.2, 0) is 18.3 Å². The molecule has 0 aromatic carbocycles. The van der Waals surface area contributed by atoms with Crippen molar-refractivity contribution < 1.29 is 14.1 Å². The fourth-order valence-corrected chi connectivity index (χ4v) is 3.65. The van der Waals surface area contributed by atoms with Gasteiger partial charge in [-0.2, -0.15) is 5.10 Å². The molecule has 1 amide bonds. The van der Waals surface area contributed by atoms with Crippen molar-refractivity contribution in [3.63, 3.8) is 0 Å². The summed E-state index contributed by atoms with van der Waals surface area (Å²) in [5.74, 6) is 1.54. The number of carbonyl (C=O) groups is 1. The summed E-state index contributed by atoms with van der Waals surface area (Å²) in [6.45, 7) is 6.44. The van der Waals surface area contributed by atoms with Gasteiger partial charge >= 0.3 is 0 Å². The molecule has 130 valence electrons. The van der Waals surface area contributed by atoms with E-state index in [9.17, 15) is 4.79 Å². The summed E-state index contributed by atoms with van der Waals surface area (Å²) in [5, 5.41) is 8.39. The summed E-state index contributed by atoms with van der Waals surface area (Å²) in [4.78, 5) is 14.8. The molecule has 2 aromatic rings. The Morgan fingerprint density at radius 3 is 2.71 bits per heavy atom. The molecule has 1 fully saturated rings. The number of aryl methyl sites for hydroxylation is 4. The van der Waals surface area contributed by atoms with Crippen LogP contribution in [0.3, 0.4) is 0 Å². The van der Waals surface area contributed by atoms with Gasteiger partial charge in [-0.3, -0.25) is 4.79 Å². The first-order valence-electron chi connectivity index (χ1n) is 8.22. The Morgan fingerprint density at radius 1 is 1.33 bits per heavy atom. The molecule has 0 aliphatic carbocycles. The highest BCUT2D eigenvalue weighted by atomic mass is 16.5. The first-order chi connectivity index (χ1) is 11.4. The zero-order valence-electron chi connectivity index (χ0n) is 14.9. The van der Waals surface area contributed by atoms with E-state index in [0.717, 1.165) is 47.8 Å². The normalized spacial score (nSPS) is 17.5. The lowest BCUT2D eigenvalue weighted by atomic mass is 10.0. The number of ether oxygens (including phenoxy) is 1. The van der Waals surface area contributed by atoms with Gasteiger partial charge in [0, 0.05) is 19.2 Å². The van der Waals surface area contributed by atoms with Gasteiger partial charge in [0.05, 0.1) is 36.5 Å². The molecule has 0 spiro atoms. The number of aromatic nitrogens is 3. The Labute approximate surface area is 141 Å². The predicted molar refractivity (Wildman–Crippen MR) is 87.9 cm³/mol. The fraction of sp³-hybridized carbons (Fsp3) is 0.588. The van der Waals surface area contributed by atoms with Crippen molar-refractivity contribution in [2.75, 3.05) is 13.7 Å². The van der Waals surface area contributed by atoms with Crippen molar-refractivity contribution in [3.05, 3.63) is 28.3 Å². The van der Waals surface area contributed by atoms with Gasteiger partial charge in [0.1, 0.15) is 5.76 Å². The molecule has 1 saturated heterocycles. The molecule has 24 heavy (non-hydrogen) atoms. The van der Waals surface area contributed by atoms with Gasteiger partial charge < -0.3 is 14.2 Å². The predicted octanol–water partition coefficient (Wildman–Crippen LogP) is 2.25. The monoisotopic (exact) mass is 332 g/mol. The second kappa shape index (κ2) is 6.30. The van der Waals surface area contributed by atoms with Crippen molar-refractivity contribution in [2.24, 2.45) is 7.05 Å². The van der Waals surface area contributed by atoms with Gasteiger partial charge in [0.15, 0.2) is 0 Å². The average Bonchev–Trinajstić information content (AvgIpc) is 3.20. The first-order valence-corrected chi connectivity index (χ1v) is 8.22. The highest BCUT2D eigenvalue weighted by Gasteiger charge is 2.35. The topological polar surface area (TPSA) is 73.4 Å². The van der Waals surface area contributed by atoms with E-state index in [1.54, 1.807) is 11.8 Å². The van der Waals surface area contributed by atoms with Crippen molar-refractivity contribution in [1.29, 1.82) is 0 Å². The first kappa shape index (κ1) is 16.5. The molecule has 3 heterocycles. The third kappa shape index (κ3) is 2.68. The quantitative estimate of drug-likeness (QED) is 0.858. The zero-order valence-corrected chi connectivity index (χ0v) is 14.9. The minimum absolute atomic E-state index is 0.0154. The number of rotatable bonds is 4. The third-order valence-electron chi connectivity index (χ3n) is 4.82. The van der Waals surface area contributed by atoms with E-state index in [4.69, 9.17) is 9.26 Å². The molecular weight excluding hydrogens is 308 g/mol. The van der Waals surface area contributed by atoms with E-state index in [1.165, 1.54) is 0 Å². The van der Waals surface area contributed by atoms with Gasteiger partial charge in [0.25, 0.3) is 0 Å². The van der Waals surface area contributed by atoms with Gasteiger partial charge in [-0.05, 0) is 33.6 Å². The Balaban J connectivity index is 1.87. The number of amides is 1. The SMILES string of the molecule is COc1c([C@H]2CCCN2C(=O)Cc2c(C)noc2C)c(C)nn1C. The van der Waals surface area contributed by atoms with Crippen LogP contribution in [0.4, 0.5) is 0 Å². The van der Waals surface area contributed by atoms with E-state index in [1.807, 2.05) is 32.7 Å². The lowest BCUT2D eigenvalue weighted by molar-refractivity contribution is -0.131. The maximum Gasteiger partial charge on any atom is 0.227 e. The van der Waals surface area contributed by atoms with Crippen LogP contribution in [0.25, 0.3) is 0 Å². The Morgan fingerprint density at radius 2 is 2.08 bits per heavy atom. The molecule has 0 unspecified atom stereocenters. The smallest absolute Gasteiger partial charge is 0.227 e. The summed E-state index contributed by atoms with van der Waals surface area (Å²) in [5.41, 5.74) is 3.60. The largest absolute Gasteiger partial charge is 0.481 e. The number of hydrogen-bond acceptors (Lipinski definition) is 5. The second-order valence-electron chi connectivity index (χ2n) is 6.36. The van der Waals surface area contributed by atoms with E-state index in [2.05, 4.69) is 10.3 Å². The Bertz CT molecular complexity index is 743. The van der Waals surface area contributed by atoms with Crippen LogP contribution in [0.5, 0.6) is 5.88 Å². The van der Waals surface area contributed by atoms with Crippen LogP contribution in [0.1, 0.15) is 47.2 Å². The number of carbonyl (C=O) groups excluding carboxylic acids is 1. The zero-order chi connectivity index (χ0) is 17.4. The molecule has 7 heteroatoms. The lowest BCUT2D eigenvalue weighted by Gasteiger charge is -2.25. The highest BCUT2D eigenvalue weighted by molar-refractivity contribution is 5.80. The standard InChI is InChI=1S/C17H24N4O3/c1-10-13(12(3)24-19-10)9-15(22)21-8-6-7-14(21)16-11(2)18-20(4)17(16)23-5/h14H,6-9H2,1-5H3/t14-/m1/s1. The number of likely N-dealkylation sites (tertiary alicyclic amines) is 1. The van der Waals surface area contributed by atoms with Gasteiger partial charge in [-0.1, -0.05) is 5.16 Å². The van der Waals surface area contributed by atoms with Crippen LogP contribution in [0.2, 0.25) is 0 Å². The second-order valence-corrected chi connectivity index (χ2v) is 6.36. The molecule has 2 aromatic heterocycles. The van der Waals surface area contributed by atoms with E-state index in [-0.39, 0.29) is 11.9 Å². The van der Waals surface area contributed by atoms with Gasteiger partial charge in [-0.25, -0.2) is 4.68 Å². The molecule has 0 bridgehead atoms. The van der Waals surface area contributed by atoms with Crippen LogP contribution in [-0.4, -0.2) is 39.4 Å². The molecular formula is C17H24N4O3. The van der Waals surface area contributed by atoms with E-state index < -0.39 is 0 Å². The summed E-state index contributed by atoms with van der Waals surface area (Å²) in [6, 6.07) is 0.0154. The molecule has 0 N–H and O–H groups in total. The maximum absolute atomic E-state index is 12.9. The van der Waals surface area contributed by atoms with Crippen molar-refractivity contribution >= 4 is 5.91 Å². The van der Waals surface area contributed by atoms with Crippen molar-refractivity contribution in [2.45, 2.75) is 46.1 Å². The Hall–Kier alpha value is -2.31. The minimum atomic E-state index is 0.0154. The molecule has 0 radical (unpaired) electrons. The van der Waals surface area contributed by atoms with Crippen molar-refractivity contribution in [3.8, 4) is 5.88 Å². The number of methoxy groups -OCH3 is 1.